The highest BCUT2D eigenvalue weighted by Gasteiger charge is 2.16. The number of anilines is 1. The Morgan fingerprint density at radius 3 is 2.22 bits per heavy atom. The first kappa shape index (κ1) is 13.5. The number of nitrogens with two attached hydrogens (primary N) is 1. The van der Waals surface area contributed by atoms with Crippen LogP contribution in [-0.4, -0.2) is 19.7 Å². The first-order valence-electron chi connectivity index (χ1n) is 7.38. The number of nitrogens with zero attached hydrogens (tertiary/aromatic N) is 4. The molecule has 4 rings (SSSR count). The highest BCUT2D eigenvalue weighted by molar-refractivity contribution is 5.90. The minimum absolute atomic E-state index is 0.559. The molecule has 2 aromatic carbocycles. The Bertz CT molecular complexity index is 975. The standard InChI is InChI=1S/C18H15N5/c1-12-15-16(19)23(14-10-6-3-7-11-14)22-18(15)21-17(20-12)13-8-4-2-5-9-13/h2-11H,19H2,1H3. The molecule has 5 heteroatoms. The summed E-state index contributed by atoms with van der Waals surface area (Å²) in [5.41, 5.74) is 9.59. The van der Waals surface area contributed by atoms with Crippen LogP contribution in [0.4, 0.5) is 5.82 Å². The highest BCUT2D eigenvalue weighted by Crippen LogP contribution is 2.27. The fourth-order valence-electron chi connectivity index (χ4n) is 2.67. The molecular formula is C18H15N5. The van der Waals surface area contributed by atoms with Crippen molar-refractivity contribution in [3.05, 3.63) is 66.4 Å². The topological polar surface area (TPSA) is 69.6 Å². The summed E-state index contributed by atoms with van der Waals surface area (Å²) in [5.74, 6) is 1.22. The molecule has 0 aliphatic rings. The molecule has 2 N–H and O–H groups in total. The maximum atomic E-state index is 6.28. The Labute approximate surface area is 133 Å². The lowest BCUT2D eigenvalue weighted by atomic mass is 10.2. The molecule has 0 saturated carbocycles. The number of fused-ring (bicyclic) bond motifs is 1. The Kier molecular flexibility index (Phi) is 3.05. The van der Waals surface area contributed by atoms with Crippen molar-refractivity contribution in [1.29, 1.82) is 0 Å². The van der Waals surface area contributed by atoms with Crippen LogP contribution in [0, 0.1) is 6.92 Å². The van der Waals surface area contributed by atoms with Crippen LogP contribution in [0.1, 0.15) is 5.69 Å². The van der Waals surface area contributed by atoms with Crippen molar-refractivity contribution < 1.29 is 0 Å². The van der Waals surface area contributed by atoms with Crippen molar-refractivity contribution in [2.45, 2.75) is 6.92 Å². The molecule has 0 bridgehead atoms. The van der Waals surface area contributed by atoms with Gasteiger partial charge in [-0.3, -0.25) is 0 Å². The van der Waals surface area contributed by atoms with Gasteiger partial charge in [0.05, 0.1) is 16.8 Å². The van der Waals surface area contributed by atoms with E-state index in [1.54, 1.807) is 4.68 Å². The van der Waals surface area contributed by atoms with Gasteiger partial charge in [0.15, 0.2) is 11.5 Å². The maximum Gasteiger partial charge on any atom is 0.187 e. The lowest BCUT2D eigenvalue weighted by molar-refractivity contribution is 0.900. The van der Waals surface area contributed by atoms with Crippen LogP contribution >= 0.6 is 0 Å². The van der Waals surface area contributed by atoms with Crippen molar-refractivity contribution in [2.75, 3.05) is 5.73 Å². The summed E-state index contributed by atoms with van der Waals surface area (Å²) in [6.07, 6.45) is 0. The van der Waals surface area contributed by atoms with Crippen LogP contribution in [0.25, 0.3) is 28.1 Å². The number of rotatable bonds is 2. The highest BCUT2D eigenvalue weighted by atomic mass is 15.3. The van der Waals surface area contributed by atoms with E-state index in [9.17, 15) is 0 Å². The van der Waals surface area contributed by atoms with Gasteiger partial charge in [0.25, 0.3) is 0 Å². The minimum Gasteiger partial charge on any atom is -0.383 e. The number of para-hydroxylation sites is 1. The number of benzene rings is 2. The lowest BCUT2D eigenvalue weighted by Crippen LogP contribution is -2.01. The van der Waals surface area contributed by atoms with E-state index in [2.05, 4.69) is 15.1 Å². The molecule has 23 heavy (non-hydrogen) atoms. The fourth-order valence-corrected chi connectivity index (χ4v) is 2.67. The molecule has 0 aliphatic heterocycles. The number of nitrogen functional groups attached to an aromatic ring is 1. The van der Waals surface area contributed by atoms with E-state index in [0.717, 1.165) is 22.3 Å². The zero-order valence-electron chi connectivity index (χ0n) is 12.6. The van der Waals surface area contributed by atoms with E-state index in [1.807, 2.05) is 67.6 Å². The van der Waals surface area contributed by atoms with Crippen molar-refractivity contribution in [1.82, 2.24) is 19.7 Å². The van der Waals surface area contributed by atoms with Crippen LogP contribution in [0.15, 0.2) is 60.7 Å². The van der Waals surface area contributed by atoms with Gasteiger partial charge in [0.2, 0.25) is 0 Å². The molecule has 2 heterocycles. The lowest BCUT2D eigenvalue weighted by Gasteiger charge is -2.03. The molecule has 2 aromatic heterocycles. The van der Waals surface area contributed by atoms with Crippen LogP contribution < -0.4 is 5.73 Å². The maximum absolute atomic E-state index is 6.28. The van der Waals surface area contributed by atoms with Gasteiger partial charge in [-0.15, -0.1) is 5.10 Å². The summed E-state index contributed by atoms with van der Waals surface area (Å²) in [6.45, 7) is 1.93. The Morgan fingerprint density at radius 2 is 1.52 bits per heavy atom. The van der Waals surface area contributed by atoms with Gasteiger partial charge in [0.1, 0.15) is 5.82 Å². The minimum atomic E-state index is 0.559. The summed E-state index contributed by atoms with van der Waals surface area (Å²) < 4.78 is 1.71. The number of aryl methyl sites for hydroxylation is 1. The molecule has 0 atom stereocenters. The van der Waals surface area contributed by atoms with Crippen molar-refractivity contribution in [3.63, 3.8) is 0 Å². The number of hydrogen-bond acceptors (Lipinski definition) is 4. The molecule has 112 valence electrons. The number of hydrogen-bond donors (Lipinski definition) is 1. The number of aromatic nitrogens is 4. The second kappa shape index (κ2) is 5.21. The van der Waals surface area contributed by atoms with Gasteiger partial charge < -0.3 is 5.73 Å². The molecule has 0 aliphatic carbocycles. The molecule has 0 saturated heterocycles. The van der Waals surface area contributed by atoms with Crippen LogP contribution in [-0.2, 0) is 0 Å². The summed E-state index contributed by atoms with van der Waals surface area (Å²) in [7, 11) is 0. The van der Waals surface area contributed by atoms with Crippen molar-refractivity contribution >= 4 is 16.9 Å². The summed E-state index contributed by atoms with van der Waals surface area (Å²) in [5, 5.41) is 5.37. The predicted octanol–water partition coefficient (Wildman–Crippen LogP) is 3.37. The molecule has 0 spiro atoms. The van der Waals surface area contributed by atoms with E-state index in [0.29, 0.717) is 17.3 Å². The van der Waals surface area contributed by atoms with Gasteiger partial charge in [0, 0.05) is 5.56 Å². The molecule has 5 nitrogen and oxygen atoms in total. The molecule has 0 unspecified atom stereocenters. The van der Waals surface area contributed by atoms with Crippen LogP contribution in [0.5, 0.6) is 0 Å². The SMILES string of the molecule is Cc1nc(-c2ccccc2)nc2nn(-c3ccccc3)c(N)c12. The van der Waals surface area contributed by atoms with Gasteiger partial charge in [-0.25, -0.2) is 14.6 Å². The monoisotopic (exact) mass is 301 g/mol. The first-order chi connectivity index (χ1) is 11.2. The smallest absolute Gasteiger partial charge is 0.187 e. The van der Waals surface area contributed by atoms with Gasteiger partial charge in [-0.2, -0.15) is 0 Å². The van der Waals surface area contributed by atoms with E-state index >= 15 is 0 Å². The first-order valence-corrected chi connectivity index (χ1v) is 7.38. The van der Waals surface area contributed by atoms with Crippen LogP contribution in [0.2, 0.25) is 0 Å². The van der Waals surface area contributed by atoms with E-state index in [4.69, 9.17) is 5.73 Å². The van der Waals surface area contributed by atoms with E-state index < -0.39 is 0 Å². The Morgan fingerprint density at radius 1 is 0.870 bits per heavy atom. The third-order valence-electron chi connectivity index (χ3n) is 3.78. The zero-order chi connectivity index (χ0) is 15.8. The molecular weight excluding hydrogens is 286 g/mol. The van der Waals surface area contributed by atoms with Crippen molar-refractivity contribution in [3.8, 4) is 17.1 Å². The second-order valence-corrected chi connectivity index (χ2v) is 5.33. The van der Waals surface area contributed by atoms with Gasteiger partial charge >= 0.3 is 0 Å². The largest absolute Gasteiger partial charge is 0.383 e. The Hall–Kier alpha value is -3.21. The molecule has 0 fully saturated rings. The molecule has 4 aromatic rings. The van der Waals surface area contributed by atoms with Gasteiger partial charge in [-0.1, -0.05) is 48.5 Å². The quantitative estimate of drug-likeness (QED) is 0.616. The normalized spacial score (nSPS) is 11.0. The Balaban J connectivity index is 1.94. The van der Waals surface area contributed by atoms with E-state index in [-0.39, 0.29) is 0 Å². The molecule has 0 amide bonds. The van der Waals surface area contributed by atoms with E-state index in [1.165, 1.54) is 0 Å². The summed E-state index contributed by atoms with van der Waals surface area (Å²) in [6, 6.07) is 19.7. The predicted molar refractivity (Wildman–Crippen MR) is 91.2 cm³/mol. The zero-order valence-corrected chi connectivity index (χ0v) is 12.6. The fraction of sp³-hybridized carbons (Fsp3) is 0.0556. The van der Waals surface area contributed by atoms with Crippen LogP contribution in [0.3, 0.4) is 0 Å². The third kappa shape index (κ3) is 2.23. The summed E-state index contributed by atoms with van der Waals surface area (Å²) in [4.78, 5) is 9.19. The second-order valence-electron chi connectivity index (χ2n) is 5.33. The summed E-state index contributed by atoms with van der Waals surface area (Å²) >= 11 is 0. The van der Waals surface area contributed by atoms with Gasteiger partial charge in [-0.05, 0) is 19.1 Å². The molecule has 0 radical (unpaired) electrons. The van der Waals surface area contributed by atoms with Crippen molar-refractivity contribution in [2.24, 2.45) is 0 Å². The average Bonchev–Trinajstić information content (AvgIpc) is 2.94. The average molecular weight is 301 g/mol. The third-order valence-corrected chi connectivity index (χ3v) is 3.78.